The maximum Gasteiger partial charge on any atom is 0.341 e. The molecule has 1 saturated carbocycles. The van der Waals surface area contributed by atoms with Crippen molar-refractivity contribution in [3.05, 3.63) is 23.3 Å². The lowest BCUT2D eigenvalue weighted by atomic mass is 10.0. The number of methoxy groups -OCH3 is 2. The lowest BCUT2D eigenvalue weighted by Crippen LogP contribution is -2.10. The van der Waals surface area contributed by atoms with Gasteiger partial charge in [0, 0.05) is 11.6 Å². The Kier molecular flexibility index (Phi) is 2.71. The number of hydrogen-bond acceptors (Lipinski definition) is 5. The molecule has 2 N–H and O–H groups in total. The summed E-state index contributed by atoms with van der Waals surface area (Å²) in [7, 11) is 2.68. The first kappa shape index (κ1) is 11.7. The molecule has 1 aliphatic rings. The topological polar surface area (TPSA) is 76.0 Å². The SMILES string of the molecule is COC(=O)c1cc(C2(O)CC2)c(OC)cc1O. The van der Waals surface area contributed by atoms with E-state index in [1.54, 1.807) is 0 Å². The molecule has 0 amide bonds. The third-order valence-corrected chi connectivity index (χ3v) is 2.95. The zero-order valence-electron chi connectivity index (χ0n) is 9.69. The minimum absolute atomic E-state index is 0.0311. The van der Waals surface area contributed by atoms with E-state index in [2.05, 4.69) is 4.74 Å². The van der Waals surface area contributed by atoms with Gasteiger partial charge in [-0.05, 0) is 18.9 Å². The van der Waals surface area contributed by atoms with Crippen LogP contribution < -0.4 is 4.74 Å². The highest BCUT2D eigenvalue weighted by molar-refractivity contribution is 5.93. The van der Waals surface area contributed by atoms with Crippen LogP contribution in [0.3, 0.4) is 0 Å². The van der Waals surface area contributed by atoms with Crippen molar-refractivity contribution >= 4 is 5.97 Å². The highest BCUT2D eigenvalue weighted by atomic mass is 16.5. The monoisotopic (exact) mass is 238 g/mol. The maximum atomic E-state index is 11.4. The first-order chi connectivity index (χ1) is 8.01. The first-order valence-corrected chi connectivity index (χ1v) is 5.24. The average molecular weight is 238 g/mol. The molecular formula is C12H14O5. The van der Waals surface area contributed by atoms with Crippen molar-refractivity contribution in [3.8, 4) is 11.5 Å². The van der Waals surface area contributed by atoms with Crippen LogP contribution in [-0.4, -0.2) is 30.4 Å². The zero-order valence-corrected chi connectivity index (χ0v) is 9.69. The smallest absolute Gasteiger partial charge is 0.341 e. The van der Waals surface area contributed by atoms with Crippen LogP contribution in [0.4, 0.5) is 0 Å². The molecule has 92 valence electrons. The molecule has 0 bridgehead atoms. The van der Waals surface area contributed by atoms with E-state index in [1.807, 2.05) is 0 Å². The Labute approximate surface area is 98.6 Å². The Morgan fingerprint density at radius 3 is 2.47 bits per heavy atom. The maximum absolute atomic E-state index is 11.4. The molecule has 5 heteroatoms. The second-order valence-corrected chi connectivity index (χ2v) is 4.09. The van der Waals surface area contributed by atoms with Gasteiger partial charge < -0.3 is 19.7 Å². The van der Waals surface area contributed by atoms with Gasteiger partial charge >= 0.3 is 5.97 Å². The van der Waals surface area contributed by atoms with Crippen LogP contribution in [0.1, 0.15) is 28.8 Å². The highest BCUT2D eigenvalue weighted by Gasteiger charge is 2.45. The van der Waals surface area contributed by atoms with Gasteiger partial charge in [-0.25, -0.2) is 4.79 Å². The highest BCUT2D eigenvalue weighted by Crippen LogP contribution is 2.50. The van der Waals surface area contributed by atoms with Crippen molar-refractivity contribution in [2.75, 3.05) is 14.2 Å². The number of phenols is 1. The van der Waals surface area contributed by atoms with E-state index in [0.717, 1.165) is 0 Å². The fraction of sp³-hybridized carbons (Fsp3) is 0.417. The van der Waals surface area contributed by atoms with Crippen LogP contribution in [-0.2, 0) is 10.3 Å². The first-order valence-electron chi connectivity index (χ1n) is 5.24. The number of phenolic OH excluding ortho intramolecular Hbond substituents is 1. The van der Waals surface area contributed by atoms with Gasteiger partial charge in [0.2, 0.25) is 0 Å². The Bertz CT molecular complexity index is 462. The van der Waals surface area contributed by atoms with Gasteiger partial charge in [0.1, 0.15) is 17.1 Å². The van der Waals surface area contributed by atoms with Gasteiger partial charge in [0.15, 0.2) is 0 Å². The van der Waals surface area contributed by atoms with Gasteiger partial charge in [0.25, 0.3) is 0 Å². The summed E-state index contributed by atoms with van der Waals surface area (Å²) in [6.07, 6.45) is 1.24. The predicted octanol–water partition coefficient (Wildman–Crippen LogP) is 1.17. The fourth-order valence-corrected chi connectivity index (χ4v) is 1.76. The Hall–Kier alpha value is -1.75. The molecule has 0 aromatic heterocycles. The number of hydrogen-bond donors (Lipinski definition) is 2. The van der Waals surface area contributed by atoms with Crippen LogP contribution in [0.15, 0.2) is 12.1 Å². The molecule has 0 aliphatic heterocycles. The van der Waals surface area contributed by atoms with Gasteiger partial charge in [-0.2, -0.15) is 0 Å². The molecule has 0 unspecified atom stereocenters. The van der Waals surface area contributed by atoms with Crippen LogP contribution in [0.5, 0.6) is 11.5 Å². The van der Waals surface area contributed by atoms with Crippen molar-refractivity contribution in [3.63, 3.8) is 0 Å². The fourth-order valence-electron chi connectivity index (χ4n) is 1.76. The molecule has 0 heterocycles. The van der Waals surface area contributed by atoms with E-state index in [4.69, 9.17) is 4.74 Å². The average Bonchev–Trinajstić information content (AvgIpc) is 3.06. The lowest BCUT2D eigenvalue weighted by molar-refractivity contribution is 0.0597. The minimum atomic E-state index is -0.943. The summed E-state index contributed by atoms with van der Waals surface area (Å²) in [6, 6.07) is 2.74. The number of benzene rings is 1. The summed E-state index contributed by atoms with van der Waals surface area (Å²) in [5.41, 5.74) is -0.399. The van der Waals surface area contributed by atoms with E-state index in [9.17, 15) is 15.0 Å². The molecule has 1 fully saturated rings. The van der Waals surface area contributed by atoms with E-state index in [-0.39, 0.29) is 11.3 Å². The molecule has 1 aromatic carbocycles. The molecule has 17 heavy (non-hydrogen) atoms. The number of ether oxygens (including phenoxy) is 2. The molecule has 0 spiro atoms. The number of rotatable bonds is 3. The second kappa shape index (κ2) is 3.92. The molecule has 0 radical (unpaired) electrons. The molecule has 1 aromatic rings. The van der Waals surface area contributed by atoms with Gasteiger partial charge in [-0.3, -0.25) is 0 Å². The van der Waals surface area contributed by atoms with Gasteiger partial charge in [-0.1, -0.05) is 0 Å². The lowest BCUT2D eigenvalue weighted by Gasteiger charge is -2.15. The normalized spacial score (nSPS) is 16.4. The predicted molar refractivity (Wildman–Crippen MR) is 59.1 cm³/mol. The summed E-state index contributed by atoms with van der Waals surface area (Å²) in [5, 5.41) is 19.7. The largest absolute Gasteiger partial charge is 0.507 e. The second-order valence-electron chi connectivity index (χ2n) is 4.09. The van der Waals surface area contributed by atoms with Crippen molar-refractivity contribution in [1.29, 1.82) is 0 Å². The van der Waals surface area contributed by atoms with Gasteiger partial charge in [-0.15, -0.1) is 0 Å². The zero-order chi connectivity index (χ0) is 12.6. The number of aromatic hydroxyl groups is 1. The number of aliphatic hydroxyl groups is 1. The van der Waals surface area contributed by atoms with E-state index >= 15 is 0 Å². The Balaban J connectivity index is 2.53. The van der Waals surface area contributed by atoms with E-state index < -0.39 is 11.6 Å². The van der Waals surface area contributed by atoms with Crippen molar-refractivity contribution in [1.82, 2.24) is 0 Å². The molecule has 5 nitrogen and oxygen atoms in total. The Morgan fingerprint density at radius 1 is 1.35 bits per heavy atom. The van der Waals surface area contributed by atoms with E-state index in [1.165, 1.54) is 26.4 Å². The molecule has 2 rings (SSSR count). The summed E-state index contributed by atoms with van der Waals surface area (Å²) in [6.45, 7) is 0. The van der Waals surface area contributed by atoms with Crippen LogP contribution in [0.2, 0.25) is 0 Å². The minimum Gasteiger partial charge on any atom is -0.507 e. The van der Waals surface area contributed by atoms with Crippen molar-refractivity contribution in [2.45, 2.75) is 18.4 Å². The molecule has 0 atom stereocenters. The summed E-state index contributed by atoms with van der Waals surface area (Å²) in [4.78, 5) is 11.4. The van der Waals surface area contributed by atoms with Gasteiger partial charge in [0.05, 0.1) is 19.8 Å². The summed E-state index contributed by atoms with van der Waals surface area (Å²) in [5.74, 6) is -0.493. The third kappa shape index (κ3) is 1.93. The summed E-state index contributed by atoms with van der Waals surface area (Å²) >= 11 is 0. The van der Waals surface area contributed by atoms with E-state index in [0.29, 0.717) is 24.2 Å². The standard InChI is InChI=1S/C12H14O5/c1-16-10-6-9(13)7(11(14)17-2)5-8(10)12(15)3-4-12/h5-6,13,15H,3-4H2,1-2H3. The number of carbonyl (C=O) groups is 1. The number of carbonyl (C=O) groups excluding carboxylic acids is 1. The summed E-state index contributed by atoms with van der Waals surface area (Å²) < 4.78 is 9.65. The molecule has 1 aliphatic carbocycles. The molecule has 0 saturated heterocycles. The van der Waals surface area contributed by atoms with Crippen LogP contribution in [0.25, 0.3) is 0 Å². The third-order valence-electron chi connectivity index (χ3n) is 2.95. The number of esters is 1. The van der Waals surface area contributed by atoms with Crippen molar-refractivity contribution in [2.24, 2.45) is 0 Å². The Morgan fingerprint density at radius 2 is 2.00 bits per heavy atom. The molecular weight excluding hydrogens is 224 g/mol. The van der Waals surface area contributed by atoms with Crippen LogP contribution >= 0.6 is 0 Å². The van der Waals surface area contributed by atoms with Crippen LogP contribution in [0, 0.1) is 0 Å². The van der Waals surface area contributed by atoms with Crippen molar-refractivity contribution < 1.29 is 24.5 Å². The quantitative estimate of drug-likeness (QED) is 0.773.